The maximum absolute atomic E-state index is 13.4. The van der Waals surface area contributed by atoms with Gasteiger partial charge in [-0.3, -0.25) is 9.59 Å². The minimum atomic E-state index is -4.68. The molecule has 0 aromatic carbocycles. The zero-order valence-corrected chi connectivity index (χ0v) is 15.9. The summed E-state index contributed by atoms with van der Waals surface area (Å²) in [5, 5.41) is 9.85. The second kappa shape index (κ2) is 8.32. The fourth-order valence-electron chi connectivity index (χ4n) is 2.63. The van der Waals surface area contributed by atoms with Crippen LogP contribution in [0.4, 0.5) is 13.2 Å². The van der Waals surface area contributed by atoms with Gasteiger partial charge < -0.3 is 19.0 Å². The Labute approximate surface area is 159 Å². The molecule has 1 unspecified atom stereocenters. The van der Waals surface area contributed by atoms with E-state index in [-0.39, 0.29) is 12.1 Å². The van der Waals surface area contributed by atoms with Crippen LogP contribution < -0.4 is 11.1 Å². The Morgan fingerprint density at radius 1 is 1.04 bits per heavy atom. The molecule has 0 aliphatic carbocycles. The van der Waals surface area contributed by atoms with Crippen molar-refractivity contribution in [2.24, 2.45) is 0 Å². The van der Waals surface area contributed by atoms with E-state index in [4.69, 9.17) is 4.74 Å². The number of rotatable bonds is 7. The third-order valence-electron chi connectivity index (χ3n) is 3.91. The lowest BCUT2D eigenvalue weighted by Gasteiger charge is -2.22. The average molecular weight is 400 g/mol. The molecule has 0 saturated carbocycles. The Morgan fingerprint density at radius 3 is 2.25 bits per heavy atom. The minimum Gasteiger partial charge on any atom is -0.389 e. The van der Waals surface area contributed by atoms with E-state index in [0.717, 1.165) is 4.57 Å². The number of aliphatic hydroxyl groups is 1. The monoisotopic (exact) mass is 400 g/mol. The van der Waals surface area contributed by atoms with E-state index in [1.165, 1.54) is 55.1 Å². The van der Waals surface area contributed by atoms with E-state index in [9.17, 15) is 27.9 Å². The standard InChI is InChI=1S/C19H23F3N2O4/c1-13-4-6-16(25)23(8-13)10-15(19(20,21)22)28-11-14-5-7-17(26)24(9-14)12-18(2,3)27/h4-9,15,27H,10-12H2,1-3H3. The number of hydrogen-bond donors (Lipinski definition) is 1. The minimum absolute atomic E-state index is 0.0128. The summed E-state index contributed by atoms with van der Waals surface area (Å²) in [4.78, 5) is 23.7. The van der Waals surface area contributed by atoms with E-state index in [0.29, 0.717) is 11.1 Å². The van der Waals surface area contributed by atoms with Gasteiger partial charge in [0.15, 0.2) is 6.10 Å². The van der Waals surface area contributed by atoms with Crippen LogP contribution in [0.5, 0.6) is 0 Å². The van der Waals surface area contributed by atoms with E-state index in [1.54, 1.807) is 6.92 Å². The van der Waals surface area contributed by atoms with Crippen LogP contribution in [0, 0.1) is 6.92 Å². The summed E-state index contributed by atoms with van der Waals surface area (Å²) in [6, 6.07) is 5.30. The van der Waals surface area contributed by atoms with Gasteiger partial charge in [-0.25, -0.2) is 0 Å². The quantitative estimate of drug-likeness (QED) is 0.774. The van der Waals surface area contributed by atoms with Crippen LogP contribution in [0.3, 0.4) is 0 Å². The molecule has 6 nitrogen and oxygen atoms in total. The first-order valence-electron chi connectivity index (χ1n) is 8.62. The summed E-state index contributed by atoms with van der Waals surface area (Å²) < 4.78 is 47.4. The summed E-state index contributed by atoms with van der Waals surface area (Å²) >= 11 is 0. The molecule has 0 amide bonds. The molecule has 28 heavy (non-hydrogen) atoms. The first-order valence-corrected chi connectivity index (χ1v) is 8.62. The highest BCUT2D eigenvalue weighted by molar-refractivity contribution is 5.10. The molecule has 9 heteroatoms. The fourth-order valence-corrected chi connectivity index (χ4v) is 2.63. The summed E-state index contributed by atoms with van der Waals surface area (Å²) in [5.41, 5.74) is -1.11. The van der Waals surface area contributed by atoms with Gasteiger partial charge in [-0.05, 0) is 38.0 Å². The van der Waals surface area contributed by atoms with Crippen molar-refractivity contribution in [3.8, 4) is 0 Å². The third-order valence-corrected chi connectivity index (χ3v) is 3.91. The summed E-state index contributed by atoms with van der Waals surface area (Å²) in [7, 11) is 0. The van der Waals surface area contributed by atoms with E-state index in [2.05, 4.69) is 0 Å². The van der Waals surface area contributed by atoms with Crippen molar-refractivity contribution >= 4 is 0 Å². The van der Waals surface area contributed by atoms with Crippen LogP contribution in [0.15, 0.2) is 46.2 Å². The van der Waals surface area contributed by atoms with Gasteiger partial charge >= 0.3 is 6.18 Å². The van der Waals surface area contributed by atoms with E-state index in [1.807, 2.05) is 0 Å². The second-order valence-electron chi connectivity index (χ2n) is 7.35. The van der Waals surface area contributed by atoms with Crippen LogP contribution in [0.2, 0.25) is 0 Å². The molecule has 2 aromatic rings. The Balaban J connectivity index is 2.18. The zero-order chi connectivity index (χ0) is 21.1. The van der Waals surface area contributed by atoms with Crippen LogP contribution in [-0.2, 0) is 24.4 Å². The van der Waals surface area contributed by atoms with Gasteiger partial charge in [-0.15, -0.1) is 0 Å². The maximum atomic E-state index is 13.4. The maximum Gasteiger partial charge on any atom is 0.416 e. The lowest BCUT2D eigenvalue weighted by molar-refractivity contribution is -0.227. The van der Waals surface area contributed by atoms with Crippen molar-refractivity contribution < 1.29 is 23.0 Å². The molecule has 0 spiro atoms. The lowest BCUT2D eigenvalue weighted by Crippen LogP contribution is -2.38. The number of alkyl halides is 3. The average Bonchev–Trinajstić information content (AvgIpc) is 2.55. The molecule has 0 radical (unpaired) electrons. The Bertz CT molecular complexity index is 926. The number of hydrogen-bond acceptors (Lipinski definition) is 4. The molecule has 0 aliphatic heterocycles. The molecule has 2 rings (SSSR count). The molecule has 1 atom stereocenters. The number of ether oxygens (including phenoxy) is 1. The lowest BCUT2D eigenvalue weighted by atomic mass is 10.1. The van der Waals surface area contributed by atoms with Crippen molar-refractivity contribution in [1.82, 2.24) is 9.13 Å². The van der Waals surface area contributed by atoms with Crippen molar-refractivity contribution in [1.29, 1.82) is 0 Å². The smallest absolute Gasteiger partial charge is 0.389 e. The number of halogens is 3. The van der Waals surface area contributed by atoms with Crippen molar-refractivity contribution in [2.75, 3.05) is 0 Å². The molecule has 1 N–H and O–H groups in total. The predicted molar refractivity (Wildman–Crippen MR) is 97.1 cm³/mol. The summed E-state index contributed by atoms with van der Waals surface area (Å²) in [6.07, 6.45) is -4.17. The molecular weight excluding hydrogens is 377 g/mol. The largest absolute Gasteiger partial charge is 0.416 e. The van der Waals surface area contributed by atoms with Gasteiger partial charge in [-0.1, -0.05) is 6.07 Å². The topological polar surface area (TPSA) is 73.5 Å². The van der Waals surface area contributed by atoms with Gasteiger partial charge in [0.05, 0.1) is 25.3 Å². The SMILES string of the molecule is Cc1ccc(=O)n(CC(OCc2ccc(=O)n(CC(C)(C)O)c2)C(F)(F)F)c1. The Hall–Kier alpha value is -2.39. The number of aromatic nitrogens is 2. The van der Waals surface area contributed by atoms with Gasteiger partial charge in [0.2, 0.25) is 0 Å². The highest BCUT2D eigenvalue weighted by Crippen LogP contribution is 2.25. The first kappa shape index (κ1) is 21.9. The highest BCUT2D eigenvalue weighted by atomic mass is 19.4. The molecule has 0 saturated heterocycles. The van der Waals surface area contributed by atoms with Gasteiger partial charge in [0, 0.05) is 24.5 Å². The van der Waals surface area contributed by atoms with Crippen LogP contribution in [0.25, 0.3) is 0 Å². The van der Waals surface area contributed by atoms with Crippen molar-refractivity contribution in [3.05, 3.63) is 68.5 Å². The molecule has 0 bridgehead atoms. The molecule has 2 heterocycles. The molecule has 154 valence electrons. The van der Waals surface area contributed by atoms with E-state index < -0.39 is 36.6 Å². The normalized spacial score (nSPS) is 13.5. The molecule has 2 aromatic heterocycles. The Kier molecular flexibility index (Phi) is 6.51. The van der Waals surface area contributed by atoms with Crippen molar-refractivity contribution in [2.45, 2.75) is 58.3 Å². The van der Waals surface area contributed by atoms with Crippen LogP contribution >= 0.6 is 0 Å². The van der Waals surface area contributed by atoms with Crippen LogP contribution in [-0.4, -0.2) is 32.1 Å². The van der Waals surface area contributed by atoms with Gasteiger partial charge in [0.1, 0.15) is 0 Å². The fraction of sp³-hybridized carbons (Fsp3) is 0.474. The highest BCUT2D eigenvalue weighted by Gasteiger charge is 2.41. The molecule has 0 aliphatic rings. The van der Waals surface area contributed by atoms with Crippen molar-refractivity contribution in [3.63, 3.8) is 0 Å². The number of aryl methyl sites for hydroxylation is 1. The van der Waals surface area contributed by atoms with Gasteiger partial charge in [0.25, 0.3) is 11.1 Å². The zero-order valence-electron chi connectivity index (χ0n) is 15.9. The number of pyridine rings is 2. The van der Waals surface area contributed by atoms with Crippen LogP contribution in [0.1, 0.15) is 25.0 Å². The third kappa shape index (κ3) is 6.35. The predicted octanol–water partition coefficient (Wildman–Crippen LogP) is 2.24. The summed E-state index contributed by atoms with van der Waals surface area (Å²) in [5.74, 6) is 0. The molecular formula is C19H23F3N2O4. The van der Waals surface area contributed by atoms with E-state index >= 15 is 0 Å². The molecule has 0 fully saturated rings. The Morgan fingerprint density at radius 2 is 1.64 bits per heavy atom. The van der Waals surface area contributed by atoms with Gasteiger partial charge in [-0.2, -0.15) is 13.2 Å². The second-order valence-corrected chi connectivity index (χ2v) is 7.35. The number of nitrogens with zero attached hydrogens (tertiary/aromatic N) is 2. The first-order chi connectivity index (χ1) is 12.8. The summed E-state index contributed by atoms with van der Waals surface area (Å²) in [6.45, 7) is 3.61.